The van der Waals surface area contributed by atoms with Crippen molar-refractivity contribution in [3.63, 3.8) is 0 Å². The van der Waals surface area contributed by atoms with E-state index >= 15 is 0 Å². The van der Waals surface area contributed by atoms with Gasteiger partial charge >= 0.3 is 0 Å². The first-order valence-electron chi connectivity index (χ1n) is 13.4. The van der Waals surface area contributed by atoms with E-state index in [-0.39, 0.29) is 0 Å². The smallest absolute Gasteiger partial charge is 0.0433 e. The molecule has 0 N–H and O–H groups in total. The molecule has 0 saturated carbocycles. The highest BCUT2D eigenvalue weighted by molar-refractivity contribution is 7.26. The van der Waals surface area contributed by atoms with Crippen LogP contribution in [0.3, 0.4) is 0 Å². The molecule has 0 radical (unpaired) electrons. The van der Waals surface area contributed by atoms with Crippen molar-refractivity contribution in [1.29, 1.82) is 0 Å². The van der Waals surface area contributed by atoms with Crippen LogP contribution in [0.5, 0.6) is 0 Å². The second kappa shape index (κ2) is 8.94. The van der Waals surface area contributed by atoms with E-state index in [0.29, 0.717) is 0 Å². The van der Waals surface area contributed by atoms with Gasteiger partial charge in [-0.05, 0) is 61.0 Å². The number of benzene rings is 7. The van der Waals surface area contributed by atoms with Crippen LogP contribution in [0, 0.1) is 0 Å². The molecule has 0 saturated heterocycles. The molecule has 1 heterocycles. The standard InChI is InChI=1S/C38H24S/c1-3-12-25(13-4-1)28-20-11-21-34-29-23-22-27(24-35(29)39-38(28)34)37-32-18-9-7-16-30(32)36(26-14-5-2-6-15-26)31-17-8-10-19-33(31)37/h1-24H. The Labute approximate surface area is 231 Å². The predicted octanol–water partition coefficient (Wildman–Crippen LogP) is 11.4. The van der Waals surface area contributed by atoms with Crippen LogP contribution in [0.15, 0.2) is 146 Å². The van der Waals surface area contributed by atoms with Gasteiger partial charge in [0.05, 0.1) is 0 Å². The molecule has 0 atom stereocenters. The Bertz CT molecular complexity index is 2090. The first-order valence-corrected chi connectivity index (χ1v) is 14.2. The van der Waals surface area contributed by atoms with Gasteiger partial charge in [0.25, 0.3) is 0 Å². The second-order valence-corrected chi connectivity index (χ2v) is 11.1. The summed E-state index contributed by atoms with van der Waals surface area (Å²) in [4.78, 5) is 0. The summed E-state index contributed by atoms with van der Waals surface area (Å²) in [5, 5.41) is 7.82. The van der Waals surface area contributed by atoms with Crippen molar-refractivity contribution < 1.29 is 0 Å². The van der Waals surface area contributed by atoms with Gasteiger partial charge in [0, 0.05) is 20.2 Å². The molecule has 0 nitrogen and oxygen atoms in total. The number of hydrogen-bond acceptors (Lipinski definition) is 1. The van der Waals surface area contributed by atoms with E-state index in [2.05, 4.69) is 146 Å². The Morgan fingerprint density at radius 3 is 1.46 bits per heavy atom. The minimum Gasteiger partial charge on any atom is -0.135 e. The predicted molar refractivity (Wildman–Crippen MR) is 171 cm³/mol. The van der Waals surface area contributed by atoms with Crippen molar-refractivity contribution in [3.8, 4) is 33.4 Å². The zero-order chi connectivity index (χ0) is 25.8. The van der Waals surface area contributed by atoms with Crippen LogP contribution in [-0.2, 0) is 0 Å². The van der Waals surface area contributed by atoms with Gasteiger partial charge in [-0.3, -0.25) is 0 Å². The van der Waals surface area contributed by atoms with E-state index in [4.69, 9.17) is 0 Å². The van der Waals surface area contributed by atoms with Crippen molar-refractivity contribution >= 4 is 53.1 Å². The SMILES string of the molecule is c1ccc(-c2c3ccccc3c(-c3ccc4c(c3)sc3c(-c5ccccc5)cccc34)c3ccccc23)cc1. The maximum atomic E-state index is 2.41. The van der Waals surface area contributed by atoms with Crippen LogP contribution >= 0.6 is 11.3 Å². The van der Waals surface area contributed by atoms with E-state index in [1.807, 2.05) is 11.3 Å². The fourth-order valence-electron chi connectivity index (χ4n) is 6.15. The molecule has 0 fully saturated rings. The van der Waals surface area contributed by atoms with E-state index in [9.17, 15) is 0 Å². The molecule has 0 aliphatic carbocycles. The molecule has 0 unspecified atom stereocenters. The molecule has 0 spiro atoms. The van der Waals surface area contributed by atoms with Crippen LogP contribution in [0.1, 0.15) is 0 Å². The zero-order valence-electron chi connectivity index (χ0n) is 21.3. The van der Waals surface area contributed by atoms with Crippen molar-refractivity contribution in [2.45, 2.75) is 0 Å². The van der Waals surface area contributed by atoms with E-state index in [1.54, 1.807) is 0 Å². The number of hydrogen-bond donors (Lipinski definition) is 0. The normalized spacial score (nSPS) is 11.6. The van der Waals surface area contributed by atoms with E-state index in [1.165, 1.54) is 75.1 Å². The molecule has 0 aliphatic heterocycles. The second-order valence-electron chi connectivity index (χ2n) is 10.1. The Morgan fingerprint density at radius 1 is 0.333 bits per heavy atom. The number of rotatable bonds is 3. The van der Waals surface area contributed by atoms with Gasteiger partial charge in [0.15, 0.2) is 0 Å². The summed E-state index contributed by atoms with van der Waals surface area (Å²) in [6, 6.07) is 53.1. The molecule has 0 amide bonds. The highest BCUT2D eigenvalue weighted by Crippen LogP contribution is 2.46. The fourth-order valence-corrected chi connectivity index (χ4v) is 7.43. The summed E-state index contributed by atoms with van der Waals surface area (Å²) in [5.74, 6) is 0. The van der Waals surface area contributed by atoms with Gasteiger partial charge in [-0.25, -0.2) is 0 Å². The Kier molecular flexibility index (Phi) is 5.11. The minimum atomic E-state index is 1.25. The molecular formula is C38H24S. The Balaban J connectivity index is 1.43. The number of thiophene rings is 1. The van der Waals surface area contributed by atoms with Gasteiger partial charge in [-0.2, -0.15) is 0 Å². The van der Waals surface area contributed by atoms with Gasteiger partial charge in [-0.15, -0.1) is 11.3 Å². The average Bonchev–Trinajstić information content (AvgIpc) is 3.38. The lowest BCUT2D eigenvalue weighted by atomic mass is 9.86. The first-order chi connectivity index (χ1) is 19.4. The van der Waals surface area contributed by atoms with E-state index in [0.717, 1.165) is 0 Å². The third-order valence-corrected chi connectivity index (χ3v) is 9.07. The summed E-state index contributed by atoms with van der Waals surface area (Å²) >= 11 is 1.90. The molecule has 182 valence electrons. The molecule has 1 aromatic heterocycles. The van der Waals surface area contributed by atoms with Gasteiger partial charge in [0.1, 0.15) is 0 Å². The molecule has 8 rings (SSSR count). The van der Waals surface area contributed by atoms with Crippen molar-refractivity contribution in [2.75, 3.05) is 0 Å². The Morgan fingerprint density at radius 2 is 0.846 bits per heavy atom. The number of fused-ring (bicyclic) bond motifs is 5. The molecule has 0 aliphatic rings. The molecular weight excluding hydrogens is 488 g/mol. The maximum Gasteiger partial charge on any atom is 0.0433 e. The van der Waals surface area contributed by atoms with E-state index < -0.39 is 0 Å². The van der Waals surface area contributed by atoms with Crippen LogP contribution in [0.2, 0.25) is 0 Å². The van der Waals surface area contributed by atoms with Crippen molar-refractivity contribution in [2.24, 2.45) is 0 Å². The molecule has 1 heteroatoms. The molecule has 7 aromatic carbocycles. The summed E-state index contributed by atoms with van der Waals surface area (Å²) in [6.07, 6.45) is 0. The molecule has 0 bridgehead atoms. The quantitative estimate of drug-likeness (QED) is 0.207. The highest BCUT2D eigenvalue weighted by Gasteiger charge is 2.17. The van der Waals surface area contributed by atoms with Crippen LogP contribution in [0.4, 0.5) is 0 Å². The molecule has 39 heavy (non-hydrogen) atoms. The third-order valence-electron chi connectivity index (χ3n) is 7.87. The average molecular weight is 513 g/mol. The lowest BCUT2D eigenvalue weighted by Gasteiger charge is -2.17. The summed E-state index contributed by atoms with van der Waals surface area (Å²) in [6.45, 7) is 0. The lowest BCUT2D eigenvalue weighted by molar-refractivity contribution is 1.66. The zero-order valence-corrected chi connectivity index (χ0v) is 22.1. The summed E-state index contributed by atoms with van der Waals surface area (Å²) < 4.78 is 2.68. The van der Waals surface area contributed by atoms with Crippen LogP contribution in [0.25, 0.3) is 75.1 Å². The third kappa shape index (κ3) is 3.51. The largest absolute Gasteiger partial charge is 0.135 e. The van der Waals surface area contributed by atoms with Gasteiger partial charge < -0.3 is 0 Å². The fraction of sp³-hybridized carbons (Fsp3) is 0. The summed E-state index contributed by atoms with van der Waals surface area (Å²) in [5.41, 5.74) is 7.71. The maximum absolute atomic E-state index is 2.41. The molecule has 8 aromatic rings. The highest BCUT2D eigenvalue weighted by atomic mass is 32.1. The van der Waals surface area contributed by atoms with Gasteiger partial charge in [0.2, 0.25) is 0 Å². The Hall–Kier alpha value is -4.72. The monoisotopic (exact) mass is 512 g/mol. The minimum absolute atomic E-state index is 1.25. The topological polar surface area (TPSA) is 0 Å². The van der Waals surface area contributed by atoms with Crippen LogP contribution < -0.4 is 0 Å². The lowest BCUT2D eigenvalue weighted by Crippen LogP contribution is -1.90. The first kappa shape index (κ1) is 22.3. The van der Waals surface area contributed by atoms with Crippen LogP contribution in [-0.4, -0.2) is 0 Å². The summed E-state index contributed by atoms with van der Waals surface area (Å²) in [7, 11) is 0. The van der Waals surface area contributed by atoms with Crippen molar-refractivity contribution in [3.05, 3.63) is 146 Å². The van der Waals surface area contributed by atoms with Gasteiger partial charge in [-0.1, -0.05) is 140 Å². The van der Waals surface area contributed by atoms with Crippen molar-refractivity contribution in [1.82, 2.24) is 0 Å².